The Labute approximate surface area is 94.4 Å². The maximum atomic E-state index is 11.3. The second kappa shape index (κ2) is 5.03. The Morgan fingerprint density at radius 1 is 1.53 bits per heavy atom. The number of ether oxygens (including phenoxy) is 1. The lowest BCUT2D eigenvalue weighted by atomic mass is 10.2. The average Bonchev–Trinajstić information content (AvgIpc) is 2.20. The molecule has 0 radical (unpaired) electrons. The number of benzene rings is 1. The average molecular weight is 228 g/mol. The SMILES string of the molecule is COc1ccc(NC(=O)C(C)Cl)c(C)c1. The smallest absolute Gasteiger partial charge is 0.242 e. The van der Waals surface area contributed by atoms with Gasteiger partial charge in [0.05, 0.1) is 7.11 Å². The number of rotatable bonds is 3. The number of alkyl halides is 1. The van der Waals surface area contributed by atoms with Gasteiger partial charge in [-0.2, -0.15) is 0 Å². The molecular formula is C11H14ClNO2. The van der Waals surface area contributed by atoms with Crippen LogP contribution in [0.25, 0.3) is 0 Å². The number of hydrogen-bond donors (Lipinski definition) is 1. The Morgan fingerprint density at radius 3 is 2.67 bits per heavy atom. The van der Waals surface area contributed by atoms with E-state index < -0.39 is 5.38 Å². The van der Waals surface area contributed by atoms with Gasteiger partial charge in [0.15, 0.2) is 0 Å². The third-order valence-corrected chi connectivity index (χ3v) is 2.25. The van der Waals surface area contributed by atoms with Crippen LogP contribution in [-0.4, -0.2) is 18.4 Å². The largest absolute Gasteiger partial charge is 0.497 e. The fourth-order valence-corrected chi connectivity index (χ4v) is 1.19. The molecule has 0 saturated carbocycles. The van der Waals surface area contributed by atoms with Crippen molar-refractivity contribution in [2.75, 3.05) is 12.4 Å². The number of aryl methyl sites for hydroxylation is 1. The fourth-order valence-electron chi connectivity index (χ4n) is 1.14. The Kier molecular flexibility index (Phi) is 3.97. The van der Waals surface area contributed by atoms with Gasteiger partial charge in [-0.3, -0.25) is 4.79 Å². The monoisotopic (exact) mass is 227 g/mol. The zero-order valence-corrected chi connectivity index (χ0v) is 9.76. The van der Waals surface area contributed by atoms with Crippen LogP contribution in [0.5, 0.6) is 5.75 Å². The maximum Gasteiger partial charge on any atom is 0.242 e. The number of nitrogens with one attached hydrogen (secondary N) is 1. The van der Waals surface area contributed by atoms with Crippen molar-refractivity contribution in [1.29, 1.82) is 0 Å². The van der Waals surface area contributed by atoms with E-state index in [0.29, 0.717) is 0 Å². The number of methoxy groups -OCH3 is 1. The summed E-state index contributed by atoms with van der Waals surface area (Å²) in [6.07, 6.45) is 0. The Hall–Kier alpha value is -1.22. The number of carbonyl (C=O) groups excluding carboxylic acids is 1. The first-order valence-corrected chi connectivity index (χ1v) is 5.08. The first-order valence-electron chi connectivity index (χ1n) is 4.64. The summed E-state index contributed by atoms with van der Waals surface area (Å²) < 4.78 is 5.06. The summed E-state index contributed by atoms with van der Waals surface area (Å²) in [4.78, 5) is 11.3. The zero-order chi connectivity index (χ0) is 11.4. The molecule has 15 heavy (non-hydrogen) atoms. The molecule has 0 bridgehead atoms. The van der Waals surface area contributed by atoms with Gasteiger partial charge < -0.3 is 10.1 Å². The van der Waals surface area contributed by atoms with Gasteiger partial charge in [-0.05, 0) is 37.6 Å². The molecule has 0 saturated heterocycles. The normalized spacial score (nSPS) is 12.0. The van der Waals surface area contributed by atoms with Crippen molar-refractivity contribution >= 4 is 23.2 Å². The lowest BCUT2D eigenvalue weighted by Crippen LogP contribution is -2.20. The van der Waals surface area contributed by atoms with E-state index in [1.165, 1.54) is 0 Å². The molecule has 0 aliphatic rings. The minimum Gasteiger partial charge on any atom is -0.497 e. The van der Waals surface area contributed by atoms with Gasteiger partial charge in [0.25, 0.3) is 0 Å². The van der Waals surface area contributed by atoms with Gasteiger partial charge in [0.1, 0.15) is 11.1 Å². The summed E-state index contributed by atoms with van der Waals surface area (Å²) in [5, 5.41) is 2.20. The molecule has 82 valence electrons. The molecule has 1 atom stereocenters. The molecule has 3 nitrogen and oxygen atoms in total. The van der Waals surface area contributed by atoms with Crippen LogP contribution >= 0.6 is 11.6 Å². The minimum absolute atomic E-state index is 0.204. The van der Waals surface area contributed by atoms with Crippen molar-refractivity contribution in [1.82, 2.24) is 0 Å². The van der Waals surface area contributed by atoms with E-state index in [0.717, 1.165) is 17.0 Å². The molecule has 0 spiro atoms. The summed E-state index contributed by atoms with van der Waals surface area (Å²) >= 11 is 5.65. The molecule has 1 N–H and O–H groups in total. The van der Waals surface area contributed by atoms with E-state index in [1.54, 1.807) is 26.2 Å². The van der Waals surface area contributed by atoms with E-state index in [9.17, 15) is 4.79 Å². The highest BCUT2D eigenvalue weighted by Crippen LogP contribution is 2.21. The molecule has 0 aliphatic carbocycles. The van der Waals surface area contributed by atoms with Crippen molar-refractivity contribution < 1.29 is 9.53 Å². The van der Waals surface area contributed by atoms with Crippen LogP contribution in [0.15, 0.2) is 18.2 Å². The first kappa shape index (κ1) is 11.9. The standard InChI is InChI=1S/C11H14ClNO2/c1-7-6-9(15-3)4-5-10(7)13-11(14)8(2)12/h4-6,8H,1-3H3,(H,13,14). The van der Waals surface area contributed by atoms with Crippen molar-refractivity contribution in [3.63, 3.8) is 0 Å². The van der Waals surface area contributed by atoms with Crippen LogP contribution in [0.4, 0.5) is 5.69 Å². The molecule has 1 unspecified atom stereocenters. The summed E-state index contributed by atoms with van der Waals surface area (Å²) in [6, 6.07) is 5.45. The Bertz CT molecular complexity index is 364. The van der Waals surface area contributed by atoms with Crippen molar-refractivity contribution in [2.24, 2.45) is 0 Å². The third-order valence-electron chi connectivity index (χ3n) is 2.05. The van der Waals surface area contributed by atoms with Crippen LogP contribution < -0.4 is 10.1 Å². The molecule has 4 heteroatoms. The molecule has 0 aliphatic heterocycles. The lowest BCUT2D eigenvalue weighted by molar-refractivity contribution is -0.115. The Morgan fingerprint density at radius 2 is 2.20 bits per heavy atom. The van der Waals surface area contributed by atoms with E-state index in [2.05, 4.69) is 5.32 Å². The molecule has 0 fully saturated rings. The van der Waals surface area contributed by atoms with Crippen LogP contribution in [-0.2, 0) is 4.79 Å². The summed E-state index contributed by atoms with van der Waals surface area (Å²) in [7, 11) is 1.61. The van der Waals surface area contributed by atoms with Crippen molar-refractivity contribution in [3.05, 3.63) is 23.8 Å². The van der Waals surface area contributed by atoms with Crippen LogP contribution in [0.3, 0.4) is 0 Å². The summed E-state index contributed by atoms with van der Waals surface area (Å²) in [5.41, 5.74) is 1.70. The topological polar surface area (TPSA) is 38.3 Å². The van der Waals surface area contributed by atoms with E-state index in [1.807, 2.05) is 13.0 Å². The fraction of sp³-hybridized carbons (Fsp3) is 0.364. The highest BCUT2D eigenvalue weighted by Gasteiger charge is 2.10. The molecule has 0 aromatic heterocycles. The maximum absolute atomic E-state index is 11.3. The lowest BCUT2D eigenvalue weighted by Gasteiger charge is -2.10. The minimum atomic E-state index is -0.536. The van der Waals surface area contributed by atoms with Gasteiger partial charge in [0.2, 0.25) is 5.91 Å². The second-order valence-electron chi connectivity index (χ2n) is 3.29. The molecule has 1 amide bonds. The summed E-state index contributed by atoms with van der Waals surface area (Å²) in [5.74, 6) is 0.564. The van der Waals surface area contributed by atoms with Gasteiger partial charge in [-0.25, -0.2) is 0 Å². The second-order valence-corrected chi connectivity index (χ2v) is 3.94. The molecule has 1 rings (SSSR count). The molecule has 0 heterocycles. The summed E-state index contributed by atoms with van der Waals surface area (Å²) in [6.45, 7) is 3.53. The number of hydrogen-bond acceptors (Lipinski definition) is 2. The number of halogens is 1. The number of carbonyl (C=O) groups is 1. The van der Waals surface area contributed by atoms with Crippen molar-refractivity contribution in [3.8, 4) is 5.75 Å². The van der Waals surface area contributed by atoms with Gasteiger partial charge in [0, 0.05) is 5.69 Å². The zero-order valence-electron chi connectivity index (χ0n) is 9.00. The van der Waals surface area contributed by atoms with Gasteiger partial charge in [-0.15, -0.1) is 11.6 Å². The third kappa shape index (κ3) is 3.13. The van der Waals surface area contributed by atoms with Crippen LogP contribution in [0.2, 0.25) is 0 Å². The van der Waals surface area contributed by atoms with E-state index >= 15 is 0 Å². The van der Waals surface area contributed by atoms with Gasteiger partial charge in [-0.1, -0.05) is 0 Å². The highest BCUT2D eigenvalue weighted by molar-refractivity contribution is 6.32. The Balaban J connectivity index is 2.83. The molecular weight excluding hydrogens is 214 g/mol. The number of amides is 1. The van der Waals surface area contributed by atoms with E-state index in [-0.39, 0.29) is 5.91 Å². The van der Waals surface area contributed by atoms with Crippen LogP contribution in [0.1, 0.15) is 12.5 Å². The highest BCUT2D eigenvalue weighted by atomic mass is 35.5. The first-order chi connectivity index (χ1) is 7.04. The quantitative estimate of drug-likeness (QED) is 0.806. The molecule has 1 aromatic rings. The molecule has 1 aromatic carbocycles. The predicted octanol–water partition coefficient (Wildman–Crippen LogP) is 2.57. The van der Waals surface area contributed by atoms with Gasteiger partial charge >= 0.3 is 0 Å². The van der Waals surface area contributed by atoms with Crippen molar-refractivity contribution in [2.45, 2.75) is 19.2 Å². The predicted molar refractivity (Wildman–Crippen MR) is 61.7 cm³/mol. The number of anilines is 1. The van der Waals surface area contributed by atoms with Crippen LogP contribution in [0, 0.1) is 6.92 Å². The van der Waals surface area contributed by atoms with E-state index in [4.69, 9.17) is 16.3 Å².